The standard InChI is InChI=1S/C13H23N3O2S.3ClH/c1-4-5-6-7-10-11(17)14-13(15-12(10)18)19-9-8-16(2)3;;;/h4-9H2,1-3H3,(H2,14,15,17,18);3*1H. The largest absolute Gasteiger partial charge is 0.493 e. The molecule has 2 N–H and O–H groups in total. The average Bonchev–Trinajstić information content (AvgIpc) is 2.32. The molecule has 1 aromatic heterocycles. The van der Waals surface area contributed by atoms with E-state index in [4.69, 9.17) is 0 Å². The summed E-state index contributed by atoms with van der Waals surface area (Å²) in [6.07, 6.45) is 3.63. The Morgan fingerprint density at radius 2 is 1.86 bits per heavy atom. The number of hydrogen-bond acceptors (Lipinski definition) is 5. The Morgan fingerprint density at radius 3 is 2.36 bits per heavy atom. The molecule has 0 fully saturated rings. The summed E-state index contributed by atoms with van der Waals surface area (Å²) >= 11 is 1.45. The molecule has 0 aliphatic heterocycles. The van der Waals surface area contributed by atoms with Gasteiger partial charge in [-0.1, -0.05) is 31.5 Å². The van der Waals surface area contributed by atoms with Crippen molar-refractivity contribution >= 4 is 49.0 Å². The Morgan fingerprint density at radius 1 is 1.23 bits per heavy atom. The fourth-order valence-electron chi connectivity index (χ4n) is 1.64. The van der Waals surface area contributed by atoms with Crippen molar-refractivity contribution in [3.05, 3.63) is 15.9 Å². The first-order chi connectivity index (χ1) is 9.04. The summed E-state index contributed by atoms with van der Waals surface area (Å²) in [6.45, 7) is 3.00. The maximum Gasteiger partial charge on any atom is 0.258 e. The lowest BCUT2D eigenvalue weighted by atomic mass is 10.1. The van der Waals surface area contributed by atoms with Crippen LogP contribution in [-0.4, -0.2) is 46.4 Å². The van der Waals surface area contributed by atoms with Crippen molar-refractivity contribution in [3.63, 3.8) is 0 Å². The van der Waals surface area contributed by atoms with Crippen LogP contribution in [0.25, 0.3) is 0 Å². The van der Waals surface area contributed by atoms with Crippen LogP contribution in [0.15, 0.2) is 9.95 Å². The Kier molecular flexibility index (Phi) is 17.6. The summed E-state index contributed by atoms with van der Waals surface area (Å²) in [5.74, 6) is 0.706. The average molecular weight is 395 g/mol. The molecule has 9 heteroatoms. The molecule has 0 saturated carbocycles. The summed E-state index contributed by atoms with van der Waals surface area (Å²) in [5, 5.41) is 10.3. The molecular formula is C13H26Cl3N3O2S. The maximum atomic E-state index is 11.9. The number of rotatable bonds is 8. The highest BCUT2D eigenvalue weighted by molar-refractivity contribution is 7.99. The van der Waals surface area contributed by atoms with E-state index in [1.165, 1.54) is 11.8 Å². The van der Waals surface area contributed by atoms with E-state index < -0.39 is 0 Å². The monoisotopic (exact) mass is 393 g/mol. The van der Waals surface area contributed by atoms with Gasteiger partial charge in [0.1, 0.15) is 0 Å². The van der Waals surface area contributed by atoms with Gasteiger partial charge in [-0.05, 0) is 26.9 Å². The van der Waals surface area contributed by atoms with Crippen LogP contribution >= 0.6 is 49.0 Å². The lowest BCUT2D eigenvalue weighted by molar-refractivity contribution is 0.432. The number of H-pyrrole nitrogens is 1. The van der Waals surface area contributed by atoms with Gasteiger partial charge >= 0.3 is 0 Å². The number of hydrogen-bond donors (Lipinski definition) is 2. The minimum Gasteiger partial charge on any atom is -0.493 e. The minimum absolute atomic E-state index is 0. The van der Waals surface area contributed by atoms with Gasteiger partial charge in [0.15, 0.2) is 5.16 Å². The maximum absolute atomic E-state index is 11.9. The van der Waals surface area contributed by atoms with Gasteiger partial charge in [-0.25, -0.2) is 0 Å². The normalized spacial score (nSPS) is 9.64. The van der Waals surface area contributed by atoms with Crippen molar-refractivity contribution in [2.75, 3.05) is 26.4 Å². The Bertz CT molecular complexity index is 459. The van der Waals surface area contributed by atoms with Gasteiger partial charge in [0.2, 0.25) is 5.88 Å². The molecule has 0 unspecified atom stereocenters. The molecule has 1 aromatic rings. The molecule has 0 aliphatic carbocycles. The predicted octanol–water partition coefficient (Wildman–Crippen LogP) is 3.13. The van der Waals surface area contributed by atoms with E-state index in [1.807, 2.05) is 14.1 Å². The van der Waals surface area contributed by atoms with E-state index in [9.17, 15) is 9.90 Å². The third-order valence-corrected chi connectivity index (χ3v) is 3.63. The summed E-state index contributed by atoms with van der Waals surface area (Å²) in [7, 11) is 3.98. The molecule has 22 heavy (non-hydrogen) atoms. The lowest BCUT2D eigenvalue weighted by Gasteiger charge is -2.09. The summed E-state index contributed by atoms with van der Waals surface area (Å²) in [5.41, 5.74) is 0.196. The van der Waals surface area contributed by atoms with Crippen molar-refractivity contribution in [1.82, 2.24) is 14.9 Å². The van der Waals surface area contributed by atoms with Crippen molar-refractivity contribution < 1.29 is 5.11 Å². The number of aromatic hydroxyl groups is 1. The molecule has 0 aromatic carbocycles. The molecule has 0 bridgehead atoms. The third-order valence-electron chi connectivity index (χ3n) is 2.78. The van der Waals surface area contributed by atoms with Crippen LogP contribution in [0.4, 0.5) is 0 Å². The molecule has 0 saturated heterocycles. The predicted molar refractivity (Wildman–Crippen MR) is 101 cm³/mol. The SMILES string of the molecule is CCCCCc1c(O)nc(SCCN(C)C)[nH]c1=O.Cl.Cl.Cl. The second-order valence-corrected chi connectivity index (χ2v) is 5.87. The van der Waals surface area contributed by atoms with Crippen LogP contribution in [0.1, 0.15) is 31.7 Å². The topological polar surface area (TPSA) is 69.2 Å². The summed E-state index contributed by atoms with van der Waals surface area (Å²) in [6, 6.07) is 0. The zero-order valence-electron chi connectivity index (χ0n) is 13.1. The first kappa shape index (κ1) is 26.7. The molecule has 0 amide bonds. The van der Waals surface area contributed by atoms with Crippen molar-refractivity contribution in [3.8, 4) is 5.88 Å². The Hall–Kier alpha value is -0.140. The van der Waals surface area contributed by atoms with Gasteiger partial charge in [0.25, 0.3) is 5.56 Å². The molecule has 132 valence electrons. The van der Waals surface area contributed by atoms with Crippen LogP contribution in [0.5, 0.6) is 5.88 Å². The summed E-state index contributed by atoms with van der Waals surface area (Å²) < 4.78 is 0. The van der Waals surface area contributed by atoms with Crippen LogP contribution in [0.2, 0.25) is 0 Å². The van der Waals surface area contributed by atoms with Crippen LogP contribution in [-0.2, 0) is 6.42 Å². The number of unbranched alkanes of at least 4 members (excludes halogenated alkanes) is 2. The van der Waals surface area contributed by atoms with E-state index in [0.29, 0.717) is 17.1 Å². The van der Waals surface area contributed by atoms with Gasteiger partial charge in [0, 0.05) is 12.3 Å². The Labute approximate surface area is 154 Å². The van der Waals surface area contributed by atoms with Crippen LogP contribution in [0.3, 0.4) is 0 Å². The minimum atomic E-state index is -0.212. The third kappa shape index (κ3) is 9.79. The van der Waals surface area contributed by atoms with E-state index in [0.717, 1.165) is 31.6 Å². The second kappa shape index (κ2) is 14.5. The molecule has 0 spiro atoms. The fraction of sp³-hybridized carbons (Fsp3) is 0.692. The first-order valence-electron chi connectivity index (χ1n) is 6.64. The smallest absolute Gasteiger partial charge is 0.258 e. The molecule has 0 radical (unpaired) electrons. The number of halogens is 3. The van der Waals surface area contributed by atoms with Crippen molar-refractivity contribution in [2.45, 2.75) is 37.8 Å². The lowest BCUT2D eigenvalue weighted by Crippen LogP contribution is -2.17. The van der Waals surface area contributed by atoms with Gasteiger partial charge in [-0.3, -0.25) is 4.79 Å². The van der Waals surface area contributed by atoms with E-state index in [1.54, 1.807) is 0 Å². The Balaban J connectivity index is -0.00000120. The second-order valence-electron chi connectivity index (χ2n) is 4.78. The van der Waals surface area contributed by atoms with Crippen LogP contribution in [0, 0.1) is 0 Å². The van der Waals surface area contributed by atoms with Crippen molar-refractivity contribution in [1.29, 1.82) is 0 Å². The number of thioether (sulfide) groups is 1. The van der Waals surface area contributed by atoms with Gasteiger partial charge < -0.3 is 15.0 Å². The van der Waals surface area contributed by atoms with Gasteiger partial charge in [0.05, 0.1) is 5.56 Å². The zero-order valence-corrected chi connectivity index (χ0v) is 16.4. The molecule has 0 aliphatic rings. The van der Waals surface area contributed by atoms with E-state index in [2.05, 4.69) is 21.8 Å². The molecule has 1 heterocycles. The molecule has 1 rings (SSSR count). The number of aromatic nitrogens is 2. The van der Waals surface area contributed by atoms with Gasteiger partial charge in [-0.2, -0.15) is 4.98 Å². The fourth-order valence-corrected chi connectivity index (χ4v) is 2.60. The number of nitrogens with zero attached hydrogens (tertiary/aromatic N) is 2. The van der Waals surface area contributed by atoms with Gasteiger partial charge in [-0.15, -0.1) is 37.2 Å². The van der Waals surface area contributed by atoms with Crippen molar-refractivity contribution in [2.24, 2.45) is 0 Å². The quantitative estimate of drug-likeness (QED) is 0.403. The molecule has 0 atom stereocenters. The van der Waals surface area contributed by atoms with E-state index in [-0.39, 0.29) is 48.7 Å². The van der Waals surface area contributed by atoms with Crippen LogP contribution < -0.4 is 5.56 Å². The first-order valence-corrected chi connectivity index (χ1v) is 7.62. The number of nitrogens with one attached hydrogen (secondary N) is 1. The van der Waals surface area contributed by atoms with E-state index >= 15 is 0 Å². The zero-order chi connectivity index (χ0) is 14.3. The number of aromatic amines is 1. The highest BCUT2D eigenvalue weighted by atomic mass is 35.5. The summed E-state index contributed by atoms with van der Waals surface area (Å²) in [4.78, 5) is 20.7. The molecular weight excluding hydrogens is 369 g/mol. The molecule has 5 nitrogen and oxygen atoms in total. The highest BCUT2D eigenvalue weighted by Gasteiger charge is 2.10. The highest BCUT2D eigenvalue weighted by Crippen LogP contribution is 2.17.